The van der Waals surface area contributed by atoms with Crippen molar-refractivity contribution in [3.8, 4) is 0 Å². The van der Waals surface area contributed by atoms with E-state index in [9.17, 15) is 4.79 Å². The zero-order chi connectivity index (χ0) is 15.5. The summed E-state index contributed by atoms with van der Waals surface area (Å²) < 4.78 is 4.96. The highest BCUT2D eigenvalue weighted by Gasteiger charge is 2.38. The molecular formula is C17H18ClNO2. The Bertz CT molecular complexity index is 639. The van der Waals surface area contributed by atoms with Gasteiger partial charge in [-0.15, -0.1) is 0 Å². The van der Waals surface area contributed by atoms with Gasteiger partial charge in [-0.2, -0.15) is 0 Å². The second-order valence-corrected chi connectivity index (χ2v) is 5.49. The molecule has 2 rings (SSSR count). The summed E-state index contributed by atoms with van der Waals surface area (Å²) in [5.74, 6) is -0.392. The smallest absolute Gasteiger partial charge is 0.335 e. The molecule has 0 aliphatic rings. The van der Waals surface area contributed by atoms with E-state index < -0.39 is 11.5 Å². The summed E-state index contributed by atoms with van der Waals surface area (Å²) in [6.07, 6.45) is 0. The number of hydrogen-bond acceptors (Lipinski definition) is 3. The van der Waals surface area contributed by atoms with E-state index in [0.29, 0.717) is 10.6 Å². The highest BCUT2D eigenvalue weighted by molar-refractivity contribution is 6.31. The molecule has 0 saturated carbocycles. The van der Waals surface area contributed by atoms with Crippen LogP contribution >= 0.6 is 11.6 Å². The Hall–Kier alpha value is -2.00. The monoisotopic (exact) mass is 303 g/mol. The molecule has 1 unspecified atom stereocenters. The fourth-order valence-electron chi connectivity index (χ4n) is 2.22. The van der Waals surface area contributed by atoms with Crippen molar-refractivity contribution in [2.24, 2.45) is 0 Å². The van der Waals surface area contributed by atoms with Crippen molar-refractivity contribution in [3.05, 3.63) is 64.7 Å². The molecule has 2 aromatic carbocycles. The topological polar surface area (TPSA) is 38.3 Å². The number of rotatable bonds is 4. The largest absolute Gasteiger partial charge is 0.467 e. The Balaban J connectivity index is 2.45. The molecule has 0 radical (unpaired) electrons. The predicted octanol–water partition coefficient (Wildman–Crippen LogP) is 4.15. The summed E-state index contributed by atoms with van der Waals surface area (Å²) in [5.41, 5.74) is 1.60. The third-order valence-electron chi connectivity index (χ3n) is 3.45. The van der Waals surface area contributed by atoms with Crippen molar-refractivity contribution < 1.29 is 9.53 Å². The molecule has 1 N–H and O–H groups in total. The molecular weight excluding hydrogens is 286 g/mol. The molecule has 3 nitrogen and oxygen atoms in total. The van der Waals surface area contributed by atoms with Gasteiger partial charge in [0.05, 0.1) is 7.11 Å². The first kappa shape index (κ1) is 15.4. The number of carbonyl (C=O) groups is 1. The van der Waals surface area contributed by atoms with E-state index in [0.717, 1.165) is 11.3 Å². The molecule has 21 heavy (non-hydrogen) atoms. The Morgan fingerprint density at radius 2 is 1.76 bits per heavy atom. The average molecular weight is 304 g/mol. The molecule has 0 aliphatic carbocycles. The lowest BCUT2D eigenvalue weighted by Gasteiger charge is -2.30. The van der Waals surface area contributed by atoms with Gasteiger partial charge in [0.25, 0.3) is 0 Å². The maximum atomic E-state index is 12.3. The van der Waals surface area contributed by atoms with Crippen LogP contribution in [0.4, 0.5) is 5.69 Å². The summed E-state index contributed by atoms with van der Waals surface area (Å²) in [6, 6.07) is 15.1. The minimum atomic E-state index is -1.05. The fourth-order valence-corrected chi connectivity index (χ4v) is 2.55. The Morgan fingerprint density at radius 3 is 2.33 bits per heavy atom. The first-order chi connectivity index (χ1) is 9.97. The minimum absolute atomic E-state index is 0.392. The van der Waals surface area contributed by atoms with Crippen LogP contribution in [0, 0.1) is 6.92 Å². The van der Waals surface area contributed by atoms with Crippen LogP contribution in [0.15, 0.2) is 48.5 Å². The van der Waals surface area contributed by atoms with Gasteiger partial charge in [-0.05, 0) is 32.0 Å². The lowest BCUT2D eigenvalue weighted by molar-refractivity contribution is -0.145. The lowest BCUT2D eigenvalue weighted by atomic mass is 9.91. The third kappa shape index (κ3) is 3.19. The number of carbonyl (C=O) groups excluding carboxylic acids is 1. The number of aryl methyl sites for hydroxylation is 1. The molecule has 0 bridgehead atoms. The van der Waals surface area contributed by atoms with E-state index in [2.05, 4.69) is 5.32 Å². The minimum Gasteiger partial charge on any atom is -0.467 e. The van der Waals surface area contributed by atoms with Crippen molar-refractivity contribution in [1.29, 1.82) is 0 Å². The molecule has 0 amide bonds. The summed E-state index contributed by atoms with van der Waals surface area (Å²) in [6.45, 7) is 3.78. The van der Waals surface area contributed by atoms with Gasteiger partial charge in [-0.25, -0.2) is 4.79 Å². The molecule has 0 heterocycles. The molecule has 1 atom stereocenters. The first-order valence-corrected chi connectivity index (χ1v) is 7.03. The van der Waals surface area contributed by atoms with Gasteiger partial charge in [0.15, 0.2) is 5.54 Å². The van der Waals surface area contributed by atoms with Crippen LogP contribution in [0.3, 0.4) is 0 Å². The van der Waals surface area contributed by atoms with E-state index in [1.54, 1.807) is 13.0 Å². The number of methoxy groups -OCH3 is 1. The second-order valence-electron chi connectivity index (χ2n) is 5.09. The van der Waals surface area contributed by atoms with Crippen LogP contribution in [-0.2, 0) is 15.1 Å². The van der Waals surface area contributed by atoms with E-state index in [1.165, 1.54) is 7.11 Å². The quantitative estimate of drug-likeness (QED) is 0.862. The number of benzene rings is 2. The van der Waals surface area contributed by atoms with E-state index in [4.69, 9.17) is 16.3 Å². The van der Waals surface area contributed by atoms with Crippen LogP contribution in [-0.4, -0.2) is 13.1 Å². The molecule has 0 spiro atoms. The normalized spacial score (nSPS) is 13.3. The Morgan fingerprint density at radius 1 is 1.14 bits per heavy atom. The zero-order valence-electron chi connectivity index (χ0n) is 12.3. The highest BCUT2D eigenvalue weighted by atomic mass is 35.5. The van der Waals surface area contributed by atoms with Crippen LogP contribution in [0.1, 0.15) is 18.1 Å². The van der Waals surface area contributed by atoms with E-state index >= 15 is 0 Å². The van der Waals surface area contributed by atoms with Gasteiger partial charge in [0.1, 0.15) is 0 Å². The number of halogens is 1. The molecule has 0 saturated heterocycles. The number of anilines is 1. The van der Waals surface area contributed by atoms with Gasteiger partial charge in [0, 0.05) is 16.3 Å². The lowest BCUT2D eigenvalue weighted by Crippen LogP contribution is -2.41. The number of hydrogen-bond donors (Lipinski definition) is 1. The molecule has 2 aromatic rings. The standard InChI is InChI=1S/C17H18ClNO2/c1-12-8-10-13(11-9-12)19-17(2,16(20)21-3)14-6-4-5-7-15(14)18/h4-11,19H,1-3H3. The number of ether oxygens (including phenoxy) is 1. The predicted molar refractivity (Wildman–Crippen MR) is 85.6 cm³/mol. The van der Waals surface area contributed by atoms with Crippen molar-refractivity contribution >= 4 is 23.3 Å². The van der Waals surface area contributed by atoms with Gasteiger partial charge in [0.2, 0.25) is 0 Å². The second kappa shape index (κ2) is 6.19. The van der Waals surface area contributed by atoms with Gasteiger partial charge in [-0.1, -0.05) is 47.5 Å². The third-order valence-corrected chi connectivity index (χ3v) is 3.78. The summed E-state index contributed by atoms with van der Waals surface area (Å²) >= 11 is 6.25. The van der Waals surface area contributed by atoms with Gasteiger partial charge >= 0.3 is 5.97 Å². The van der Waals surface area contributed by atoms with Crippen LogP contribution in [0.2, 0.25) is 5.02 Å². The van der Waals surface area contributed by atoms with Crippen LogP contribution in [0.5, 0.6) is 0 Å². The Labute approximate surface area is 129 Å². The zero-order valence-corrected chi connectivity index (χ0v) is 13.1. The SMILES string of the molecule is COC(=O)C(C)(Nc1ccc(C)cc1)c1ccccc1Cl. The van der Waals surface area contributed by atoms with Gasteiger partial charge in [-0.3, -0.25) is 0 Å². The molecule has 110 valence electrons. The van der Waals surface area contributed by atoms with Crippen molar-refractivity contribution in [3.63, 3.8) is 0 Å². The number of esters is 1. The fraction of sp³-hybridized carbons (Fsp3) is 0.235. The maximum absolute atomic E-state index is 12.3. The van der Waals surface area contributed by atoms with Gasteiger partial charge < -0.3 is 10.1 Å². The Kier molecular flexibility index (Phi) is 4.53. The van der Waals surface area contributed by atoms with Crippen LogP contribution in [0.25, 0.3) is 0 Å². The highest BCUT2D eigenvalue weighted by Crippen LogP contribution is 2.32. The number of nitrogens with one attached hydrogen (secondary N) is 1. The molecule has 0 aromatic heterocycles. The van der Waals surface area contributed by atoms with Crippen molar-refractivity contribution in [2.45, 2.75) is 19.4 Å². The van der Waals surface area contributed by atoms with Crippen molar-refractivity contribution in [2.75, 3.05) is 12.4 Å². The summed E-state index contributed by atoms with van der Waals surface area (Å²) in [5, 5.41) is 3.75. The summed E-state index contributed by atoms with van der Waals surface area (Å²) in [4.78, 5) is 12.3. The molecule has 0 fully saturated rings. The average Bonchev–Trinajstić information content (AvgIpc) is 2.49. The van der Waals surface area contributed by atoms with Crippen LogP contribution < -0.4 is 5.32 Å². The van der Waals surface area contributed by atoms with E-state index in [-0.39, 0.29) is 0 Å². The van der Waals surface area contributed by atoms with Crippen molar-refractivity contribution in [1.82, 2.24) is 0 Å². The molecule has 0 aliphatic heterocycles. The summed E-state index contributed by atoms with van der Waals surface area (Å²) in [7, 11) is 1.37. The maximum Gasteiger partial charge on any atom is 0.335 e. The molecule has 4 heteroatoms. The van der Waals surface area contributed by atoms with E-state index in [1.807, 2.05) is 49.4 Å². The first-order valence-electron chi connectivity index (χ1n) is 6.65.